The van der Waals surface area contributed by atoms with Gasteiger partial charge in [0.15, 0.2) is 0 Å². The first-order chi connectivity index (χ1) is 9.67. The number of hydrogen-bond donors (Lipinski definition) is 0. The Morgan fingerprint density at radius 3 is 2.55 bits per heavy atom. The summed E-state index contributed by atoms with van der Waals surface area (Å²) >= 11 is 1.73. The molecule has 20 heavy (non-hydrogen) atoms. The topological polar surface area (TPSA) is 26.3 Å². The van der Waals surface area contributed by atoms with E-state index in [0.29, 0.717) is 0 Å². The van der Waals surface area contributed by atoms with E-state index in [1.165, 1.54) is 11.8 Å². The van der Waals surface area contributed by atoms with E-state index in [2.05, 4.69) is 25.3 Å². The number of thioether (sulfide) groups is 1. The lowest BCUT2D eigenvalue weighted by molar-refractivity contribution is -0.131. The Kier molecular flexibility index (Phi) is 5.07. The zero-order chi connectivity index (χ0) is 14.5. The Morgan fingerprint density at radius 2 is 1.95 bits per heavy atom. The third kappa shape index (κ3) is 3.15. The molecule has 0 atom stereocenters. The van der Waals surface area contributed by atoms with Gasteiger partial charge in [-0.05, 0) is 36.1 Å². The lowest BCUT2D eigenvalue weighted by Gasteiger charge is -2.15. The first kappa shape index (κ1) is 14.9. The van der Waals surface area contributed by atoms with Gasteiger partial charge in [-0.2, -0.15) is 0 Å². The summed E-state index contributed by atoms with van der Waals surface area (Å²) in [6.07, 6.45) is 5.25. The minimum Gasteiger partial charge on any atom is -0.426 e. The molecule has 0 saturated carbocycles. The van der Waals surface area contributed by atoms with Gasteiger partial charge in [-0.1, -0.05) is 37.6 Å². The lowest BCUT2D eigenvalue weighted by Crippen LogP contribution is -2.05. The predicted molar refractivity (Wildman–Crippen MR) is 85.7 cm³/mol. The van der Waals surface area contributed by atoms with Gasteiger partial charge in [0.25, 0.3) is 0 Å². The Balaban J connectivity index is 2.64. The van der Waals surface area contributed by atoms with Crippen LogP contribution in [0.5, 0.6) is 5.75 Å². The molecule has 0 fully saturated rings. The number of hydrogen-bond acceptors (Lipinski definition) is 3. The molecule has 0 radical (unpaired) electrons. The molecule has 0 aliphatic carbocycles. The summed E-state index contributed by atoms with van der Waals surface area (Å²) in [5.74, 6) is 0.476. The predicted octanol–water partition coefficient (Wildman–Crippen LogP) is 4.83. The van der Waals surface area contributed by atoms with Crippen LogP contribution in [0.1, 0.15) is 32.3 Å². The molecule has 106 valence electrons. The summed E-state index contributed by atoms with van der Waals surface area (Å²) in [6.45, 7) is 3.63. The number of ether oxygens (including phenoxy) is 1. The van der Waals surface area contributed by atoms with Crippen molar-refractivity contribution < 1.29 is 9.53 Å². The first-order valence-electron chi connectivity index (χ1n) is 6.94. The summed E-state index contributed by atoms with van der Waals surface area (Å²) in [5, 5.41) is 2.18. The molecule has 0 aliphatic rings. The highest BCUT2D eigenvalue weighted by Crippen LogP contribution is 2.37. The van der Waals surface area contributed by atoms with Gasteiger partial charge in [-0.25, -0.2) is 0 Å². The molecule has 2 aromatic rings. The van der Waals surface area contributed by atoms with Crippen molar-refractivity contribution in [1.82, 2.24) is 0 Å². The van der Waals surface area contributed by atoms with Gasteiger partial charge in [-0.15, -0.1) is 11.8 Å². The van der Waals surface area contributed by atoms with Crippen LogP contribution < -0.4 is 4.74 Å². The number of carbonyl (C=O) groups excluding carboxylic acids is 1. The van der Waals surface area contributed by atoms with E-state index in [1.54, 1.807) is 11.8 Å². The smallest absolute Gasteiger partial charge is 0.308 e. The second kappa shape index (κ2) is 6.80. The first-order valence-corrected chi connectivity index (χ1v) is 8.16. The van der Waals surface area contributed by atoms with Crippen LogP contribution in [0.2, 0.25) is 0 Å². The van der Waals surface area contributed by atoms with Gasteiger partial charge < -0.3 is 4.74 Å². The van der Waals surface area contributed by atoms with Crippen molar-refractivity contribution in [2.75, 3.05) is 6.26 Å². The summed E-state index contributed by atoms with van der Waals surface area (Å²) < 4.78 is 5.51. The number of unbranched alkanes of at least 4 members (excludes halogenated alkanes) is 1. The molecule has 0 bridgehead atoms. The number of aryl methyl sites for hydroxylation is 1. The Labute approximate surface area is 124 Å². The summed E-state index contributed by atoms with van der Waals surface area (Å²) in [7, 11) is 0. The van der Waals surface area contributed by atoms with Crippen molar-refractivity contribution in [3.8, 4) is 5.75 Å². The number of fused-ring (bicyclic) bond motifs is 1. The van der Waals surface area contributed by atoms with Gasteiger partial charge in [0, 0.05) is 17.2 Å². The monoisotopic (exact) mass is 288 g/mol. The van der Waals surface area contributed by atoms with E-state index in [1.807, 2.05) is 18.2 Å². The van der Waals surface area contributed by atoms with Crippen LogP contribution in [-0.4, -0.2) is 12.2 Å². The molecule has 0 saturated heterocycles. The minimum absolute atomic E-state index is 0.259. The highest BCUT2D eigenvalue weighted by molar-refractivity contribution is 7.98. The normalized spacial score (nSPS) is 10.8. The van der Waals surface area contributed by atoms with Crippen molar-refractivity contribution >= 4 is 28.5 Å². The number of rotatable bonds is 5. The zero-order valence-electron chi connectivity index (χ0n) is 12.2. The molecular formula is C17H20O2S. The van der Waals surface area contributed by atoms with E-state index in [0.717, 1.165) is 41.3 Å². The van der Waals surface area contributed by atoms with Gasteiger partial charge in [0.05, 0.1) is 0 Å². The highest BCUT2D eigenvalue weighted by Gasteiger charge is 2.14. The fourth-order valence-corrected chi connectivity index (χ4v) is 3.01. The van der Waals surface area contributed by atoms with Crippen LogP contribution in [0.15, 0.2) is 35.2 Å². The standard InChI is InChI=1S/C17H20O2S/c1-4-5-8-13-11-16(20-3)14-9-6-7-10-15(14)17(13)19-12(2)18/h6-7,9-11H,4-5,8H2,1-3H3. The molecule has 3 heteroatoms. The van der Waals surface area contributed by atoms with Gasteiger partial charge in [-0.3, -0.25) is 4.79 Å². The van der Waals surface area contributed by atoms with E-state index < -0.39 is 0 Å². The Hall–Kier alpha value is -1.48. The lowest BCUT2D eigenvalue weighted by atomic mass is 10.0. The minimum atomic E-state index is -0.259. The van der Waals surface area contributed by atoms with Crippen LogP contribution in [-0.2, 0) is 11.2 Å². The maximum absolute atomic E-state index is 11.4. The number of esters is 1. The molecule has 2 aromatic carbocycles. The van der Waals surface area contributed by atoms with Crippen LogP contribution in [0.4, 0.5) is 0 Å². The summed E-state index contributed by atoms with van der Waals surface area (Å²) in [6, 6.07) is 10.3. The summed E-state index contributed by atoms with van der Waals surface area (Å²) in [5.41, 5.74) is 1.13. The van der Waals surface area contributed by atoms with Crippen molar-refractivity contribution in [2.24, 2.45) is 0 Å². The third-order valence-corrected chi connectivity index (χ3v) is 4.08. The molecule has 0 aromatic heterocycles. The van der Waals surface area contributed by atoms with Crippen molar-refractivity contribution in [3.05, 3.63) is 35.9 Å². The highest BCUT2D eigenvalue weighted by atomic mass is 32.2. The third-order valence-electron chi connectivity index (χ3n) is 3.30. The summed E-state index contributed by atoms with van der Waals surface area (Å²) in [4.78, 5) is 12.6. The van der Waals surface area contributed by atoms with Crippen LogP contribution >= 0.6 is 11.8 Å². The molecule has 2 nitrogen and oxygen atoms in total. The second-order valence-corrected chi connectivity index (χ2v) is 5.66. The van der Waals surface area contributed by atoms with Gasteiger partial charge >= 0.3 is 5.97 Å². The SMILES string of the molecule is CCCCc1cc(SC)c2ccccc2c1OC(C)=O. The zero-order valence-corrected chi connectivity index (χ0v) is 13.0. The number of carbonyl (C=O) groups is 1. The maximum Gasteiger partial charge on any atom is 0.308 e. The van der Waals surface area contributed by atoms with Crippen LogP contribution in [0.3, 0.4) is 0 Å². The van der Waals surface area contributed by atoms with Crippen LogP contribution in [0.25, 0.3) is 10.8 Å². The maximum atomic E-state index is 11.4. The second-order valence-electron chi connectivity index (χ2n) is 4.81. The van der Waals surface area contributed by atoms with Gasteiger partial charge in [0.2, 0.25) is 0 Å². The largest absolute Gasteiger partial charge is 0.426 e. The molecular weight excluding hydrogens is 268 g/mol. The average Bonchev–Trinajstić information content (AvgIpc) is 2.45. The van der Waals surface area contributed by atoms with Crippen molar-refractivity contribution in [1.29, 1.82) is 0 Å². The molecule has 0 aliphatic heterocycles. The van der Waals surface area contributed by atoms with Gasteiger partial charge in [0.1, 0.15) is 5.75 Å². The van der Waals surface area contributed by atoms with E-state index in [-0.39, 0.29) is 5.97 Å². The Bertz CT molecular complexity index is 620. The fourth-order valence-electron chi connectivity index (χ4n) is 2.36. The molecule has 0 spiro atoms. The molecule has 0 unspecified atom stereocenters. The molecule has 0 N–H and O–H groups in total. The van der Waals surface area contributed by atoms with Crippen molar-refractivity contribution in [2.45, 2.75) is 38.0 Å². The molecule has 2 rings (SSSR count). The average molecular weight is 288 g/mol. The Morgan fingerprint density at radius 1 is 1.25 bits per heavy atom. The number of benzene rings is 2. The van der Waals surface area contributed by atoms with Crippen molar-refractivity contribution in [3.63, 3.8) is 0 Å². The quantitative estimate of drug-likeness (QED) is 0.448. The van der Waals surface area contributed by atoms with E-state index in [9.17, 15) is 4.79 Å². The fraction of sp³-hybridized carbons (Fsp3) is 0.353. The molecule has 0 heterocycles. The van der Waals surface area contributed by atoms with E-state index >= 15 is 0 Å². The van der Waals surface area contributed by atoms with Crippen LogP contribution in [0, 0.1) is 0 Å². The molecule has 0 amide bonds. The van der Waals surface area contributed by atoms with E-state index in [4.69, 9.17) is 4.74 Å².